The van der Waals surface area contributed by atoms with E-state index in [-0.39, 0.29) is 11.7 Å². The Kier molecular flexibility index (Phi) is 6.63. The molecule has 1 aliphatic rings. The lowest BCUT2D eigenvalue weighted by Crippen LogP contribution is -2.34. The third kappa shape index (κ3) is 4.57. The van der Waals surface area contributed by atoms with Crippen LogP contribution in [0, 0.1) is 23.1 Å². The molecule has 1 atom stereocenters. The highest BCUT2D eigenvalue weighted by Gasteiger charge is 2.43. The lowest BCUT2D eigenvalue weighted by atomic mass is 9.67. The molecular weight excluding hydrogens is 335 g/mol. The Morgan fingerprint density at radius 2 is 1.74 bits per heavy atom. The summed E-state index contributed by atoms with van der Waals surface area (Å²) in [6, 6.07) is 19.9. The first-order valence-electron chi connectivity index (χ1n) is 10.0. The SMILES string of the molecule is CN(CCCC(C#N)(c1ccccc1F)C1CCCC1)Cc1ccccc1. The number of halogens is 1. The second kappa shape index (κ2) is 9.15. The molecule has 0 saturated heterocycles. The van der Waals surface area contributed by atoms with E-state index in [2.05, 4.69) is 42.3 Å². The van der Waals surface area contributed by atoms with E-state index in [1.54, 1.807) is 6.07 Å². The average molecular weight is 365 g/mol. The molecule has 3 rings (SSSR count). The number of rotatable bonds is 8. The number of nitriles is 1. The van der Waals surface area contributed by atoms with Crippen LogP contribution in [-0.2, 0) is 12.0 Å². The van der Waals surface area contributed by atoms with E-state index in [1.807, 2.05) is 18.2 Å². The second-order valence-electron chi connectivity index (χ2n) is 7.87. The summed E-state index contributed by atoms with van der Waals surface area (Å²) in [5.74, 6) is 0.0300. The van der Waals surface area contributed by atoms with Crippen LogP contribution in [-0.4, -0.2) is 18.5 Å². The van der Waals surface area contributed by atoms with Crippen molar-refractivity contribution in [1.29, 1.82) is 5.26 Å². The molecule has 0 amide bonds. The first kappa shape index (κ1) is 19.6. The van der Waals surface area contributed by atoms with Crippen LogP contribution >= 0.6 is 0 Å². The molecule has 0 heterocycles. The molecule has 0 bridgehead atoms. The number of hydrogen-bond donors (Lipinski definition) is 0. The summed E-state index contributed by atoms with van der Waals surface area (Å²) >= 11 is 0. The molecule has 3 heteroatoms. The van der Waals surface area contributed by atoms with Gasteiger partial charge in [-0.1, -0.05) is 61.4 Å². The number of benzene rings is 2. The maximum absolute atomic E-state index is 14.6. The van der Waals surface area contributed by atoms with Crippen LogP contribution in [0.15, 0.2) is 54.6 Å². The van der Waals surface area contributed by atoms with E-state index < -0.39 is 5.41 Å². The standard InChI is InChI=1S/C24H29FN2/c1-27(18-20-10-3-2-4-11-20)17-9-16-24(19-26,21-12-5-6-13-21)22-14-7-8-15-23(22)25/h2-4,7-8,10-11,14-15,21H,5-6,9,12-13,16-18H2,1H3. The predicted molar refractivity (Wildman–Crippen MR) is 108 cm³/mol. The molecule has 27 heavy (non-hydrogen) atoms. The molecule has 142 valence electrons. The van der Waals surface area contributed by atoms with Gasteiger partial charge in [-0.05, 0) is 56.8 Å². The minimum absolute atomic E-state index is 0.233. The summed E-state index contributed by atoms with van der Waals surface area (Å²) in [7, 11) is 2.11. The molecule has 0 spiro atoms. The van der Waals surface area contributed by atoms with E-state index >= 15 is 0 Å². The molecular formula is C24H29FN2. The number of hydrogen-bond acceptors (Lipinski definition) is 2. The van der Waals surface area contributed by atoms with Crippen molar-refractivity contribution in [2.24, 2.45) is 5.92 Å². The van der Waals surface area contributed by atoms with Gasteiger partial charge < -0.3 is 4.90 Å². The van der Waals surface area contributed by atoms with Crippen molar-refractivity contribution >= 4 is 0 Å². The minimum atomic E-state index is -0.699. The van der Waals surface area contributed by atoms with Crippen molar-refractivity contribution in [2.75, 3.05) is 13.6 Å². The van der Waals surface area contributed by atoms with Crippen molar-refractivity contribution in [3.63, 3.8) is 0 Å². The maximum atomic E-state index is 14.6. The van der Waals surface area contributed by atoms with Crippen LogP contribution < -0.4 is 0 Å². The van der Waals surface area contributed by atoms with Crippen molar-refractivity contribution in [1.82, 2.24) is 4.90 Å². The van der Waals surface area contributed by atoms with Crippen molar-refractivity contribution in [3.8, 4) is 6.07 Å². The Bertz CT molecular complexity index is 761. The highest BCUT2D eigenvalue weighted by atomic mass is 19.1. The predicted octanol–water partition coefficient (Wildman–Crippen LogP) is 5.69. The van der Waals surface area contributed by atoms with Gasteiger partial charge in [-0.3, -0.25) is 0 Å². The van der Waals surface area contributed by atoms with Gasteiger partial charge in [-0.15, -0.1) is 0 Å². The van der Waals surface area contributed by atoms with E-state index in [1.165, 1.54) is 11.6 Å². The molecule has 0 aliphatic heterocycles. The quantitative estimate of drug-likeness (QED) is 0.602. The van der Waals surface area contributed by atoms with E-state index in [0.29, 0.717) is 12.0 Å². The molecule has 2 aromatic carbocycles. The van der Waals surface area contributed by atoms with Crippen LogP contribution in [0.3, 0.4) is 0 Å². The summed E-state index contributed by atoms with van der Waals surface area (Å²) in [6.07, 6.45) is 5.96. The summed E-state index contributed by atoms with van der Waals surface area (Å²) in [6.45, 7) is 1.79. The summed E-state index contributed by atoms with van der Waals surface area (Å²) in [4.78, 5) is 2.29. The summed E-state index contributed by atoms with van der Waals surface area (Å²) < 4.78 is 14.6. The lowest BCUT2D eigenvalue weighted by molar-refractivity contribution is 0.268. The molecule has 1 saturated carbocycles. The third-order valence-corrected chi connectivity index (χ3v) is 6.01. The Balaban J connectivity index is 1.70. The van der Waals surface area contributed by atoms with Crippen molar-refractivity contribution < 1.29 is 4.39 Å². The van der Waals surface area contributed by atoms with Gasteiger partial charge in [0.1, 0.15) is 5.82 Å². The molecule has 1 unspecified atom stereocenters. The Labute approximate surface area is 162 Å². The highest BCUT2D eigenvalue weighted by molar-refractivity contribution is 5.35. The van der Waals surface area contributed by atoms with Gasteiger partial charge in [0.15, 0.2) is 0 Å². The molecule has 0 N–H and O–H groups in total. The Morgan fingerprint density at radius 1 is 1.07 bits per heavy atom. The summed E-state index contributed by atoms with van der Waals surface area (Å²) in [5.41, 5.74) is 1.19. The van der Waals surface area contributed by atoms with E-state index in [4.69, 9.17) is 0 Å². The van der Waals surface area contributed by atoms with Gasteiger partial charge in [0.25, 0.3) is 0 Å². The first-order valence-corrected chi connectivity index (χ1v) is 10.0. The van der Waals surface area contributed by atoms with Gasteiger partial charge in [0.2, 0.25) is 0 Å². The normalized spacial score (nSPS) is 17.0. The fourth-order valence-electron chi connectivity index (χ4n) is 4.61. The molecule has 1 aliphatic carbocycles. The van der Waals surface area contributed by atoms with Crippen LogP contribution in [0.2, 0.25) is 0 Å². The zero-order chi connectivity index (χ0) is 19.1. The fraction of sp³-hybridized carbons (Fsp3) is 0.458. The number of nitrogens with zero attached hydrogens (tertiary/aromatic N) is 2. The average Bonchev–Trinajstić information content (AvgIpc) is 3.22. The molecule has 1 fully saturated rings. The largest absolute Gasteiger partial charge is 0.302 e. The van der Waals surface area contributed by atoms with Gasteiger partial charge in [0.05, 0.1) is 11.5 Å². The zero-order valence-electron chi connectivity index (χ0n) is 16.2. The zero-order valence-corrected chi connectivity index (χ0v) is 16.2. The lowest BCUT2D eigenvalue weighted by Gasteiger charge is -2.34. The van der Waals surface area contributed by atoms with Crippen LogP contribution in [0.1, 0.15) is 49.7 Å². The topological polar surface area (TPSA) is 27.0 Å². The third-order valence-electron chi connectivity index (χ3n) is 6.01. The van der Waals surface area contributed by atoms with Crippen LogP contribution in [0.5, 0.6) is 0 Å². The van der Waals surface area contributed by atoms with Gasteiger partial charge in [-0.2, -0.15) is 5.26 Å². The Hall–Kier alpha value is -2.18. The molecule has 0 radical (unpaired) electrons. The fourth-order valence-corrected chi connectivity index (χ4v) is 4.61. The maximum Gasteiger partial charge on any atom is 0.128 e. The van der Waals surface area contributed by atoms with Crippen LogP contribution in [0.25, 0.3) is 0 Å². The van der Waals surface area contributed by atoms with E-state index in [9.17, 15) is 9.65 Å². The summed E-state index contributed by atoms with van der Waals surface area (Å²) in [5, 5.41) is 10.2. The van der Waals surface area contributed by atoms with E-state index in [0.717, 1.165) is 45.2 Å². The molecule has 0 aromatic heterocycles. The minimum Gasteiger partial charge on any atom is -0.302 e. The highest BCUT2D eigenvalue weighted by Crippen LogP contribution is 2.45. The first-order chi connectivity index (χ1) is 13.2. The van der Waals surface area contributed by atoms with Gasteiger partial charge in [0, 0.05) is 12.1 Å². The molecule has 2 aromatic rings. The van der Waals surface area contributed by atoms with Crippen molar-refractivity contribution in [2.45, 2.75) is 50.5 Å². The smallest absolute Gasteiger partial charge is 0.128 e. The van der Waals surface area contributed by atoms with Gasteiger partial charge in [-0.25, -0.2) is 4.39 Å². The Morgan fingerprint density at radius 3 is 2.41 bits per heavy atom. The van der Waals surface area contributed by atoms with Crippen molar-refractivity contribution in [3.05, 3.63) is 71.5 Å². The van der Waals surface area contributed by atoms with Crippen LogP contribution in [0.4, 0.5) is 4.39 Å². The van der Waals surface area contributed by atoms with Gasteiger partial charge >= 0.3 is 0 Å². The second-order valence-corrected chi connectivity index (χ2v) is 7.87. The molecule has 2 nitrogen and oxygen atoms in total. The monoisotopic (exact) mass is 364 g/mol.